The number of hydrogen-bond donors (Lipinski definition) is 0. The summed E-state index contributed by atoms with van der Waals surface area (Å²) in [4.78, 5) is 15.1. The van der Waals surface area contributed by atoms with Gasteiger partial charge in [0.05, 0.1) is 10.9 Å². The molecular formula is C13H16N4OS. The van der Waals surface area contributed by atoms with E-state index in [0.717, 1.165) is 16.5 Å². The Balaban J connectivity index is 2.20. The number of likely N-dealkylation sites (N-methyl/N-ethyl adjacent to an activating group) is 1. The molecule has 2 atom stereocenters. The van der Waals surface area contributed by atoms with Gasteiger partial charge in [0.2, 0.25) is 5.91 Å². The minimum absolute atomic E-state index is 0.0368. The predicted octanol–water partition coefficient (Wildman–Crippen LogP) is 2.41. The SMILES string of the molecule is Cc1ccsc1-c1nnc2n1[C@@H](C)C(=O)N(C)[C@H]2C. The molecule has 0 saturated carbocycles. The number of amides is 1. The van der Waals surface area contributed by atoms with Crippen LogP contribution < -0.4 is 0 Å². The quantitative estimate of drug-likeness (QED) is 0.803. The number of hydrogen-bond acceptors (Lipinski definition) is 4. The largest absolute Gasteiger partial charge is 0.334 e. The van der Waals surface area contributed by atoms with Gasteiger partial charge in [-0.2, -0.15) is 0 Å². The van der Waals surface area contributed by atoms with Crippen molar-refractivity contribution in [2.75, 3.05) is 7.05 Å². The minimum atomic E-state index is -0.248. The van der Waals surface area contributed by atoms with Gasteiger partial charge >= 0.3 is 0 Å². The van der Waals surface area contributed by atoms with E-state index in [1.807, 2.05) is 30.8 Å². The number of thiophene rings is 1. The van der Waals surface area contributed by atoms with E-state index in [4.69, 9.17) is 0 Å². The fourth-order valence-electron chi connectivity index (χ4n) is 2.50. The van der Waals surface area contributed by atoms with Crippen molar-refractivity contribution in [3.8, 4) is 10.7 Å². The van der Waals surface area contributed by atoms with E-state index in [1.165, 1.54) is 5.56 Å². The second kappa shape index (κ2) is 4.16. The molecule has 0 N–H and O–H groups in total. The van der Waals surface area contributed by atoms with Crippen LogP contribution in [0.5, 0.6) is 0 Å². The lowest BCUT2D eigenvalue weighted by molar-refractivity contribution is -0.137. The van der Waals surface area contributed by atoms with Crippen LogP contribution in [0.4, 0.5) is 0 Å². The van der Waals surface area contributed by atoms with Crippen LogP contribution in [0.3, 0.4) is 0 Å². The number of carbonyl (C=O) groups excluding carboxylic acids is 1. The van der Waals surface area contributed by atoms with E-state index in [-0.39, 0.29) is 18.0 Å². The van der Waals surface area contributed by atoms with E-state index < -0.39 is 0 Å². The molecule has 0 unspecified atom stereocenters. The first kappa shape index (κ1) is 12.3. The van der Waals surface area contributed by atoms with Crippen LogP contribution in [0, 0.1) is 6.92 Å². The fraction of sp³-hybridized carbons (Fsp3) is 0.462. The summed E-state index contributed by atoms with van der Waals surface area (Å²) in [6.07, 6.45) is 0. The summed E-state index contributed by atoms with van der Waals surface area (Å²) < 4.78 is 1.98. The normalized spacial score (nSPS) is 22.7. The van der Waals surface area contributed by atoms with Gasteiger partial charge in [-0.25, -0.2) is 0 Å². The maximum atomic E-state index is 12.3. The van der Waals surface area contributed by atoms with E-state index in [2.05, 4.69) is 23.2 Å². The van der Waals surface area contributed by atoms with Crippen molar-refractivity contribution < 1.29 is 4.79 Å². The second-order valence-electron chi connectivity index (χ2n) is 4.99. The molecule has 2 aromatic heterocycles. The Kier molecular flexibility index (Phi) is 2.70. The molecule has 0 spiro atoms. The van der Waals surface area contributed by atoms with Crippen molar-refractivity contribution in [3.63, 3.8) is 0 Å². The van der Waals surface area contributed by atoms with Gasteiger partial charge in [0.25, 0.3) is 0 Å². The van der Waals surface area contributed by atoms with Crippen molar-refractivity contribution in [1.29, 1.82) is 0 Å². The van der Waals surface area contributed by atoms with E-state index in [1.54, 1.807) is 16.2 Å². The first-order valence-corrected chi connectivity index (χ1v) is 7.16. The molecule has 0 saturated heterocycles. The third kappa shape index (κ3) is 1.63. The molecule has 2 aromatic rings. The molecule has 1 aliphatic heterocycles. The molecule has 3 rings (SSSR count). The first-order chi connectivity index (χ1) is 9.02. The standard InChI is InChI=1S/C13H16N4OS/c1-7-5-6-19-10(7)12-15-14-11-8(2)16(4)13(18)9(3)17(11)12/h5-6,8-9H,1-4H3/t8-,9-/m0/s1. The molecule has 0 aromatic carbocycles. The maximum Gasteiger partial charge on any atom is 0.245 e. The zero-order valence-electron chi connectivity index (χ0n) is 11.4. The van der Waals surface area contributed by atoms with Crippen molar-refractivity contribution in [1.82, 2.24) is 19.7 Å². The van der Waals surface area contributed by atoms with Crippen LogP contribution >= 0.6 is 11.3 Å². The summed E-state index contributed by atoms with van der Waals surface area (Å²) in [6.45, 7) is 5.94. The Morgan fingerprint density at radius 1 is 1.26 bits per heavy atom. The van der Waals surface area contributed by atoms with Crippen LogP contribution in [0.2, 0.25) is 0 Å². The highest BCUT2D eigenvalue weighted by molar-refractivity contribution is 7.13. The van der Waals surface area contributed by atoms with Crippen LogP contribution in [-0.2, 0) is 4.79 Å². The van der Waals surface area contributed by atoms with Gasteiger partial charge < -0.3 is 4.90 Å². The zero-order valence-corrected chi connectivity index (χ0v) is 12.2. The molecule has 19 heavy (non-hydrogen) atoms. The van der Waals surface area contributed by atoms with Gasteiger partial charge in [-0.05, 0) is 37.8 Å². The smallest absolute Gasteiger partial charge is 0.245 e. The average molecular weight is 276 g/mol. The highest BCUT2D eigenvalue weighted by Gasteiger charge is 2.36. The number of rotatable bonds is 1. The predicted molar refractivity (Wildman–Crippen MR) is 74.0 cm³/mol. The van der Waals surface area contributed by atoms with Crippen LogP contribution in [0.1, 0.15) is 37.3 Å². The Morgan fingerprint density at radius 2 is 2.00 bits per heavy atom. The van der Waals surface area contributed by atoms with Crippen LogP contribution in [0.15, 0.2) is 11.4 Å². The van der Waals surface area contributed by atoms with Crippen molar-refractivity contribution in [3.05, 3.63) is 22.8 Å². The molecule has 0 radical (unpaired) electrons. The third-order valence-electron chi connectivity index (χ3n) is 3.83. The summed E-state index contributed by atoms with van der Waals surface area (Å²) in [7, 11) is 1.82. The lowest BCUT2D eigenvalue weighted by Gasteiger charge is -2.34. The number of fused-ring (bicyclic) bond motifs is 1. The van der Waals surface area contributed by atoms with E-state index in [0.29, 0.717) is 0 Å². The summed E-state index contributed by atoms with van der Waals surface area (Å²) in [5.41, 5.74) is 1.17. The Morgan fingerprint density at radius 3 is 2.63 bits per heavy atom. The number of carbonyl (C=O) groups is 1. The number of aromatic nitrogens is 3. The van der Waals surface area contributed by atoms with Crippen LogP contribution in [-0.4, -0.2) is 32.6 Å². The summed E-state index contributed by atoms with van der Waals surface area (Å²) >= 11 is 1.64. The van der Waals surface area contributed by atoms with E-state index in [9.17, 15) is 4.79 Å². The highest BCUT2D eigenvalue weighted by Crippen LogP contribution is 2.36. The highest BCUT2D eigenvalue weighted by atomic mass is 32.1. The maximum absolute atomic E-state index is 12.3. The Hall–Kier alpha value is -1.69. The van der Waals surface area contributed by atoms with Crippen molar-refractivity contribution in [2.45, 2.75) is 32.9 Å². The monoisotopic (exact) mass is 276 g/mol. The van der Waals surface area contributed by atoms with Gasteiger partial charge in [-0.3, -0.25) is 9.36 Å². The lowest BCUT2D eigenvalue weighted by Crippen LogP contribution is -2.41. The molecular weight excluding hydrogens is 260 g/mol. The van der Waals surface area contributed by atoms with Gasteiger partial charge in [0, 0.05) is 7.05 Å². The van der Waals surface area contributed by atoms with Gasteiger partial charge in [0.1, 0.15) is 6.04 Å². The van der Waals surface area contributed by atoms with Crippen LogP contribution in [0.25, 0.3) is 10.7 Å². The summed E-state index contributed by atoms with van der Waals surface area (Å²) in [5, 5.41) is 10.7. The number of nitrogens with zero attached hydrogens (tertiary/aromatic N) is 4. The van der Waals surface area contributed by atoms with E-state index >= 15 is 0 Å². The molecule has 0 aliphatic carbocycles. The molecule has 3 heterocycles. The molecule has 0 fully saturated rings. The zero-order chi connectivity index (χ0) is 13.7. The molecule has 5 nitrogen and oxygen atoms in total. The molecule has 6 heteroatoms. The third-order valence-corrected chi connectivity index (χ3v) is 4.85. The fourth-order valence-corrected chi connectivity index (χ4v) is 3.40. The minimum Gasteiger partial charge on any atom is -0.334 e. The molecule has 1 aliphatic rings. The molecule has 0 bridgehead atoms. The molecule has 1 amide bonds. The summed E-state index contributed by atoms with van der Waals surface area (Å²) in [6, 6.07) is 1.78. The number of aryl methyl sites for hydroxylation is 1. The Labute approximate surface area is 115 Å². The van der Waals surface area contributed by atoms with Crippen molar-refractivity contribution >= 4 is 17.2 Å². The van der Waals surface area contributed by atoms with Crippen molar-refractivity contribution in [2.24, 2.45) is 0 Å². The summed E-state index contributed by atoms with van der Waals surface area (Å²) in [5.74, 6) is 1.77. The first-order valence-electron chi connectivity index (χ1n) is 6.28. The second-order valence-corrected chi connectivity index (χ2v) is 5.90. The van der Waals surface area contributed by atoms with Gasteiger partial charge in [-0.15, -0.1) is 21.5 Å². The van der Waals surface area contributed by atoms with Gasteiger partial charge in [0.15, 0.2) is 11.6 Å². The Bertz CT molecular complexity index is 645. The van der Waals surface area contributed by atoms with Gasteiger partial charge in [-0.1, -0.05) is 0 Å². The average Bonchev–Trinajstić information content (AvgIpc) is 2.99. The lowest BCUT2D eigenvalue weighted by atomic mass is 10.1. The topological polar surface area (TPSA) is 51.0 Å². The molecule has 100 valence electrons.